The number of aryl methyl sites for hydroxylation is 1. The first-order valence-corrected chi connectivity index (χ1v) is 9.90. The fourth-order valence-corrected chi connectivity index (χ4v) is 4.43. The molecule has 0 unspecified atom stereocenters. The van der Waals surface area contributed by atoms with Gasteiger partial charge in [0, 0.05) is 5.02 Å². The van der Waals surface area contributed by atoms with E-state index in [2.05, 4.69) is 4.72 Å². The minimum Gasteiger partial charge on any atom is -0.465 e. The van der Waals surface area contributed by atoms with Crippen LogP contribution in [0.4, 0.5) is 10.1 Å². The van der Waals surface area contributed by atoms with Gasteiger partial charge < -0.3 is 4.74 Å². The Morgan fingerprint density at radius 1 is 1.19 bits per heavy atom. The number of sulfonamides is 1. The molecule has 0 spiro atoms. The SMILES string of the molecule is COC(=O)c1c(NS(=O)(=O)c2ccc(Cl)cc2F)ccc2c1CCCC2. The number of hydrogen-bond acceptors (Lipinski definition) is 4. The highest BCUT2D eigenvalue weighted by molar-refractivity contribution is 7.92. The molecule has 3 rings (SSSR count). The van der Waals surface area contributed by atoms with E-state index >= 15 is 0 Å². The highest BCUT2D eigenvalue weighted by Gasteiger charge is 2.26. The van der Waals surface area contributed by atoms with Gasteiger partial charge in [-0.1, -0.05) is 17.7 Å². The average molecular weight is 398 g/mol. The molecule has 5 nitrogen and oxygen atoms in total. The molecule has 0 saturated heterocycles. The van der Waals surface area contributed by atoms with Crippen molar-refractivity contribution in [3.63, 3.8) is 0 Å². The average Bonchev–Trinajstić information content (AvgIpc) is 2.60. The molecule has 2 aromatic carbocycles. The van der Waals surface area contributed by atoms with Crippen molar-refractivity contribution >= 4 is 33.3 Å². The number of carbonyl (C=O) groups excluding carboxylic acids is 1. The molecule has 0 aromatic heterocycles. The van der Waals surface area contributed by atoms with E-state index in [-0.39, 0.29) is 16.3 Å². The number of methoxy groups -OCH3 is 1. The van der Waals surface area contributed by atoms with Gasteiger partial charge in [0.25, 0.3) is 10.0 Å². The summed E-state index contributed by atoms with van der Waals surface area (Å²) in [6.07, 6.45) is 3.39. The number of hydrogen-bond donors (Lipinski definition) is 1. The van der Waals surface area contributed by atoms with Crippen molar-refractivity contribution in [2.45, 2.75) is 30.6 Å². The lowest BCUT2D eigenvalue weighted by Crippen LogP contribution is -2.20. The van der Waals surface area contributed by atoms with E-state index in [1.807, 2.05) is 0 Å². The second kappa shape index (κ2) is 7.25. The second-order valence-corrected chi connectivity index (χ2v) is 8.09. The van der Waals surface area contributed by atoms with Gasteiger partial charge in [0.1, 0.15) is 10.7 Å². The molecule has 0 saturated carbocycles. The van der Waals surface area contributed by atoms with Gasteiger partial charge >= 0.3 is 5.97 Å². The van der Waals surface area contributed by atoms with E-state index in [9.17, 15) is 17.6 Å². The minimum atomic E-state index is -4.24. The molecular weight excluding hydrogens is 381 g/mol. The van der Waals surface area contributed by atoms with E-state index in [0.29, 0.717) is 6.42 Å². The molecular formula is C18H17ClFNO4S. The van der Waals surface area contributed by atoms with Crippen molar-refractivity contribution in [2.24, 2.45) is 0 Å². The predicted octanol–water partition coefficient (Wildman–Crippen LogP) is 3.95. The van der Waals surface area contributed by atoms with E-state index in [4.69, 9.17) is 16.3 Å². The summed E-state index contributed by atoms with van der Waals surface area (Å²) >= 11 is 5.68. The molecule has 26 heavy (non-hydrogen) atoms. The Hall–Kier alpha value is -2.12. The zero-order valence-electron chi connectivity index (χ0n) is 14.0. The number of nitrogens with one attached hydrogen (secondary N) is 1. The van der Waals surface area contributed by atoms with Crippen LogP contribution in [0.15, 0.2) is 35.2 Å². The third-order valence-corrected chi connectivity index (χ3v) is 5.98. The number of fused-ring (bicyclic) bond motifs is 1. The summed E-state index contributed by atoms with van der Waals surface area (Å²) in [5.74, 6) is -1.60. The topological polar surface area (TPSA) is 72.5 Å². The third-order valence-electron chi connectivity index (χ3n) is 4.35. The van der Waals surface area contributed by atoms with Crippen molar-refractivity contribution in [1.29, 1.82) is 0 Å². The quantitative estimate of drug-likeness (QED) is 0.793. The van der Waals surface area contributed by atoms with Gasteiger partial charge in [-0.3, -0.25) is 4.72 Å². The van der Waals surface area contributed by atoms with Gasteiger partial charge in [0.2, 0.25) is 0 Å². The number of halogens is 2. The number of rotatable bonds is 4. The summed E-state index contributed by atoms with van der Waals surface area (Å²) in [7, 11) is -3.01. The number of anilines is 1. The van der Waals surface area contributed by atoms with Gasteiger partial charge in [-0.25, -0.2) is 17.6 Å². The van der Waals surface area contributed by atoms with Gasteiger partial charge in [-0.2, -0.15) is 0 Å². The molecule has 0 atom stereocenters. The molecule has 1 aliphatic rings. The van der Waals surface area contributed by atoms with Crippen LogP contribution < -0.4 is 4.72 Å². The Bertz CT molecular complexity index is 975. The number of benzene rings is 2. The van der Waals surface area contributed by atoms with Crippen LogP contribution in [0.2, 0.25) is 5.02 Å². The zero-order chi connectivity index (χ0) is 18.9. The lowest BCUT2D eigenvalue weighted by Gasteiger charge is -2.21. The van der Waals surface area contributed by atoms with Gasteiger partial charge in [-0.15, -0.1) is 0 Å². The molecule has 138 valence electrons. The van der Waals surface area contributed by atoms with Crippen LogP contribution in [-0.2, 0) is 27.6 Å². The van der Waals surface area contributed by atoms with E-state index in [1.165, 1.54) is 19.2 Å². The molecule has 0 amide bonds. The van der Waals surface area contributed by atoms with Crippen molar-refractivity contribution in [3.8, 4) is 0 Å². The molecule has 1 N–H and O–H groups in total. The zero-order valence-corrected chi connectivity index (χ0v) is 15.6. The predicted molar refractivity (Wildman–Crippen MR) is 96.6 cm³/mol. The van der Waals surface area contributed by atoms with E-state index in [0.717, 1.165) is 42.5 Å². The molecule has 0 fully saturated rings. The maximum Gasteiger partial charge on any atom is 0.340 e. The van der Waals surface area contributed by atoms with Crippen molar-refractivity contribution in [3.05, 3.63) is 57.9 Å². The van der Waals surface area contributed by atoms with E-state index in [1.54, 1.807) is 6.07 Å². The third kappa shape index (κ3) is 3.54. The van der Waals surface area contributed by atoms with Crippen molar-refractivity contribution in [2.75, 3.05) is 11.8 Å². The van der Waals surface area contributed by atoms with Crippen molar-refractivity contribution in [1.82, 2.24) is 0 Å². The standard InChI is InChI=1S/C18H17ClFNO4S/c1-25-18(22)17-13-5-3-2-4-11(13)6-8-15(17)21-26(23,24)16-9-7-12(19)10-14(16)20/h6-10,21H,2-5H2,1H3. The Morgan fingerprint density at radius 2 is 1.92 bits per heavy atom. The minimum absolute atomic E-state index is 0.0758. The maximum atomic E-state index is 14.1. The summed E-state index contributed by atoms with van der Waals surface area (Å²) < 4.78 is 46.4. The smallest absolute Gasteiger partial charge is 0.340 e. The van der Waals surface area contributed by atoms with Gasteiger partial charge in [-0.05, 0) is 61.1 Å². The summed E-state index contributed by atoms with van der Waals surface area (Å²) in [5.41, 5.74) is 2.03. The summed E-state index contributed by atoms with van der Waals surface area (Å²) in [6.45, 7) is 0. The molecule has 2 aromatic rings. The summed E-state index contributed by atoms with van der Waals surface area (Å²) in [4.78, 5) is 11.7. The van der Waals surface area contributed by atoms with Crippen LogP contribution in [0.1, 0.15) is 34.3 Å². The number of esters is 1. The molecule has 0 heterocycles. The highest BCUT2D eigenvalue weighted by Crippen LogP contribution is 2.32. The van der Waals surface area contributed by atoms with Crippen LogP contribution in [0.25, 0.3) is 0 Å². The van der Waals surface area contributed by atoms with E-state index < -0.39 is 26.7 Å². The molecule has 1 aliphatic carbocycles. The normalized spacial score (nSPS) is 13.8. The first-order chi connectivity index (χ1) is 12.3. The fraction of sp³-hybridized carbons (Fsp3) is 0.278. The summed E-state index contributed by atoms with van der Waals surface area (Å²) in [5, 5.41) is 0.0884. The number of ether oxygens (including phenoxy) is 1. The van der Waals surface area contributed by atoms with Gasteiger partial charge in [0.15, 0.2) is 0 Å². The monoisotopic (exact) mass is 397 g/mol. The largest absolute Gasteiger partial charge is 0.465 e. The van der Waals surface area contributed by atoms with Crippen LogP contribution in [0.5, 0.6) is 0 Å². The van der Waals surface area contributed by atoms with Crippen LogP contribution in [0, 0.1) is 5.82 Å². The summed E-state index contributed by atoms with van der Waals surface area (Å²) in [6, 6.07) is 6.59. The Balaban J connectivity index is 2.08. The molecule has 0 bridgehead atoms. The molecule has 8 heteroatoms. The lowest BCUT2D eigenvalue weighted by molar-refractivity contribution is 0.0600. The lowest BCUT2D eigenvalue weighted by atomic mass is 9.87. The van der Waals surface area contributed by atoms with Crippen LogP contribution in [-0.4, -0.2) is 21.5 Å². The molecule has 0 radical (unpaired) electrons. The van der Waals surface area contributed by atoms with Crippen LogP contribution >= 0.6 is 11.6 Å². The second-order valence-electron chi connectivity index (χ2n) is 6.00. The van der Waals surface area contributed by atoms with Gasteiger partial charge in [0.05, 0.1) is 18.4 Å². The van der Waals surface area contributed by atoms with Crippen LogP contribution in [0.3, 0.4) is 0 Å². The first-order valence-electron chi connectivity index (χ1n) is 8.04. The molecule has 0 aliphatic heterocycles. The Labute approximate surface area is 156 Å². The Morgan fingerprint density at radius 3 is 2.62 bits per heavy atom. The number of carbonyl (C=O) groups is 1. The highest BCUT2D eigenvalue weighted by atomic mass is 35.5. The fourth-order valence-electron chi connectivity index (χ4n) is 3.14. The first kappa shape index (κ1) is 18.7. The van der Waals surface area contributed by atoms with Crippen molar-refractivity contribution < 1.29 is 22.3 Å². The Kier molecular flexibility index (Phi) is 5.20. The maximum absolute atomic E-state index is 14.1.